The Hall–Kier alpha value is -2.25. The number of aliphatic carboxylic acids is 1. The van der Waals surface area contributed by atoms with Crippen LogP contribution in [0.15, 0.2) is 12.1 Å². The van der Waals surface area contributed by atoms with E-state index >= 15 is 0 Å². The van der Waals surface area contributed by atoms with Gasteiger partial charge in [0.2, 0.25) is 0 Å². The molecule has 2 amide bonds. The summed E-state index contributed by atoms with van der Waals surface area (Å²) in [5.74, 6) is -5.04. The summed E-state index contributed by atoms with van der Waals surface area (Å²) in [5.41, 5.74) is -0.660. The third-order valence-corrected chi connectivity index (χ3v) is 3.28. The molecular weight excluding hydrogens is 289 g/mol. The summed E-state index contributed by atoms with van der Waals surface area (Å²) in [6.07, 6.45) is 1.55. The van der Waals surface area contributed by atoms with E-state index in [9.17, 15) is 22.8 Å². The van der Waals surface area contributed by atoms with Crippen molar-refractivity contribution in [2.75, 3.05) is 11.9 Å². The minimum absolute atomic E-state index is 0.183. The summed E-state index contributed by atoms with van der Waals surface area (Å²) in [6, 6.07) is -0.937. The summed E-state index contributed by atoms with van der Waals surface area (Å²) in [4.78, 5) is 24.1. The molecule has 114 valence electrons. The molecule has 1 saturated heterocycles. The number of halogens is 3. The van der Waals surface area contributed by atoms with Crippen LogP contribution in [0.1, 0.15) is 19.3 Å². The molecule has 21 heavy (non-hydrogen) atoms. The largest absolute Gasteiger partial charge is 0.480 e. The van der Waals surface area contributed by atoms with Crippen LogP contribution in [-0.4, -0.2) is 34.6 Å². The summed E-state index contributed by atoms with van der Waals surface area (Å²) in [6.45, 7) is 0.183. The quantitative estimate of drug-likeness (QED) is 0.825. The number of carbonyl (C=O) groups excluding carboxylic acids is 1. The topological polar surface area (TPSA) is 69.6 Å². The standard InChI is InChI=1S/C13H13F3N2O3/c14-7-5-8(15)11(16)9(6-7)17-13(21)18-4-2-1-3-10(18)12(19)20/h5-6,10H,1-4H2,(H,17,21)(H,19,20). The number of benzene rings is 1. The van der Waals surface area contributed by atoms with Crippen molar-refractivity contribution in [1.82, 2.24) is 4.90 Å². The zero-order chi connectivity index (χ0) is 15.6. The molecule has 2 N–H and O–H groups in total. The van der Waals surface area contributed by atoms with E-state index in [1.807, 2.05) is 5.32 Å². The lowest BCUT2D eigenvalue weighted by Gasteiger charge is -2.32. The first-order valence-electron chi connectivity index (χ1n) is 6.35. The van der Waals surface area contributed by atoms with Crippen LogP contribution in [0.4, 0.5) is 23.7 Å². The Morgan fingerprint density at radius 1 is 1.24 bits per heavy atom. The van der Waals surface area contributed by atoms with Gasteiger partial charge in [-0.15, -0.1) is 0 Å². The van der Waals surface area contributed by atoms with Gasteiger partial charge >= 0.3 is 12.0 Å². The maximum absolute atomic E-state index is 13.5. The van der Waals surface area contributed by atoms with Crippen molar-refractivity contribution >= 4 is 17.7 Å². The summed E-state index contributed by atoms with van der Waals surface area (Å²) in [5, 5.41) is 11.1. The molecule has 1 atom stereocenters. The molecule has 0 bridgehead atoms. The number of rotatable bonds is 2. The predicted molar refractivity (Wildman–Crippen MR) is 67.3 cm³/mol. The minimum atomic E-state index is -1.43. The Morgan fingerprint density at radius 2 is 1.95 bits per heavy atom. The lowest BCUT2D eigenvalue weighted by Crippen LogP contribution is -2.49. The number of likely N-dealkylation sites (tertiary alicyclic amines) is 1. The Morgan fingerprint density at radius 3 is 2.62 bits per heavy atom. The van der Waals surface area contributed by atoms with Gasteiger partial charge in [-0.2, -0.15) is 0 Å². The third kappa shape index (κ3) is 3.26. The number of amides is 2. The molecule has 1 aliphatic heterocycles. The van der Waals surface area contributed by atoms with Gasteiger partial charge in [-0.1, -0.05) is 0 Å². The highest BCUT2D eigenvalue weighted by molar-refractivity contribution is 5.92. The van der Waals surface area contributed by atoms with Gasteiger partial charge in [-0.3, -0.25) is 0 Å². The van der Waals surface area contributed by atoms with Crippen LogP contribution in [0.5, 0.6) is 0 Å². The van der Waals surface area contributed by atoms with Crippen LogP contribution >= 0.6 is 0 Å². The monoisotopic (exact) mass is 302 g/mol. The van der Waals surface area contributed by atoms with Crippen LogP contribution in [0.2, 0.25) is 0 Å². The SMILES string of the molecule is O=C(O)C1CCCCN1C(=O)Nc1cc(F)cc(F)c1F. The third-order valence-electron chi connectivity index (χ3n) is 3.28. The maximum Gasteiger partial charge on any atom is 0.326 e. The molecular formula is C13H13F3N2O3. The molecule has 1 aromatic rings. The zero-order valence-electron chi connectivity index (χ0n) is 10.9. The van der Waals surface area contributed by atoms with Crippen molar-refractivity contribution in [3.63, 3.8) is 0 Å². The van der Waals surface area contributed by atoms with Crippen LogP contribution in [0.25, 0.3) is 0 Å². The molecule has 1 unspecified atom stereocenters. The number of nitrogens with one attached hydrogen (secondary N) is 1. The van der Waals surface area contributed by atoms with Gasteiger partial charge in [-0.05, 0) is 19.3 Å². The molecule has 0 aliphatic carbocycles. The number of anilines is 1. The van der Waals surface area contributed by atoms with E-state index in [0.717, 1.165) is 4.90 Å². The van der Waals surface area contributed by atoms with Gasteiger partial charge in [0.15, 0.2) is 11.6 Å². The number of carboxylic acids is 1. The van der Waals surface area contributed by atoms with Crippen LogP contribution < -0.4 is 5.32 Å². The minimum Gasteiger partial charge on any atom is -0.480 e. The maximum atomic E-state index is 13.5. The lowest BCUT2D eigenvalue weighted by molar-refractivity contribution is -0.143. The summed E-state index contributed by atoms with van der Waals surface area (Å²) in [7, 11) is 0. The number of hydrogen-bond donors (Lipinski definition) is 2. The number of nitrogens with zero attached hydrogens (tertiary/aromatic N) is 1. The normalized spacial score (nSPS) is 18.4. The molecule has 0 aromatic heterocycles. The van der Waals surface area contributed by atoms with E-state index in [2.05, 4.69) is 0 Å². The molecule has 0 saturated carbocycles. The van der Waals surface area contributed by atoms with Crippen molar-refractivity contribution in [2.24, 2.45) is 0 Å². The average Bonchev–Trinajstić information content (AvgIpc) is 2.44. The van der Waals surface area contributed by atoms with Crippen molar-refractivity contribution < 1.29 is 27.9 Å². The van der Waals surface area contributed by atoms with E-state index in [1.54, 1.807) is 0 Å². The Labute approximate surface area is 118 Å². The highest BCUT2D eigenvalue weighted by Crippen LogP contribution is 2.22. The molecule has 1 aromatic carbocycles. The van der Waals surface area contributed by atoms with Crippen LogP contribution in [-0.2, 0) is 4.79 Å². The fourth-order valence-electron chi connectivity index (χ4n) is 2.27. The molecule has 0 spiro atoms. The first-order chi connectivity index (χ1) is 9.90. The second-order valence-electron chi connectivity index (χ2n) is 4.72. The van der Waals surface area contributed by atoms with Crippen LogP contribution in [0.3, 0.4) is 0 Å². The number of piperidine rings is 1. The molecule has 1 fully saturated rings. The Kier molecular flexibility index (Phi) is 4.35. The smallest absolute Gasteiger partial charge is 0.326 e. The highest BCUT2D eigenvalue weighted by atomic mass is 19.2. The van der Waals surface area contributed by atoms with E-state index in [4.69, 9.17) is 5.11 Å². The van der Waals surface area contributed by atoms with Crippen LogP contribution in [0, 0.1) is 17.5 Å². The predicted octanol–water partition coefficient (Wildman–Crippen LogP) is 2.57. The average molecular weight is 302 g/mol. The number of hydrogen-bond acceptors (Lipinski definition) is 2. The molecule has 5 nitrogen and oxygen atoms in total. The van der Waals surface area contributed by atoms with E-state index in [0.29, 0.717) is 25.0 Å². The van der Waals surface area contributed by atoms with Crippen molar-refractivity contribution in [1.29, 1.82) is 0 Å². The Balaban J connectivity index is 2.19. The van der Waals surface area contributed by atoms with Crippen molar-refractivity contribution in [2.45, 2.75) is 25.3 Å². The van der Waals surface area contributed by atoms with E-state index < -0.39 is 41.2 Å². The first kappa shape index (κ1) is 15.1. The number of carbonyl (C=O) groups is 2. The summed E-state index contributed by atoms with van der Waals surface area (Å²) < 4.78 is 39.6. The van der Waals surface area contributed by atoms with Gasteiger partial charge in [0, 0.05) is 18.7 Å². The Bertz CT molecular complexity index is 580. The van der Waals surface area contributed by atoms with Crippen molar-refractivity contribution in [3.8, 4) is 0 Å². The van der Waals surface area contributed by atoms with Gasteiger partial charge in [0.05, 0.1) is 5.69 Å². The van der Waals surface area contributed by atoms with Gasteiger partial charge in [0.25, 0.3) is 0 Å². The fourth-order valence-corrected chi connectivity index (χ4v) is 2.27. The number of carboxylic acid groups (broad SMARTS) is 1. The van der Waals surface area contributed by atoms with Gasteiger partial charge < -0.3 is 15.3 Å². The zero-order valence-corrected chi connectivity index (χ0v) is 10.9. The highest BCUT2D eigenvalue weighted by Gasteiger charge is 2.32. The first-order valence-corrected chi connectivity index (χ1v) is 6.35. The molecule has 1 heterocycles. The summed E-state index contributed by atoms with van der Waals surface area (Å²) >= 11 is 0. The van der Waals surface area contributed by atoms with E-state index in [1.165, 1.54) is 0 Å². The van der Waals surface area contributed by atoms with Gasteiger partial charge in [0.1, 0.15) is 11.9 Å². The fraction of sp³-hybridized carbons (Fsp3) is 0.385. The van der Waals surface area contributed by atoms with Crippen molar-refractivity contribution in [3.05, 3.63) is 29.6 Å². The molecule has 8 heteroatoms. The molecule has 0 radical (unpaired) electrons. The second-order valence-corrected chi connectivity index (χ2v) is 4.72. The number of urea groups is 1. The van der Waals surface area contributed by atoms with Gasteiger partial charge in [-0.25, -0.2) is 22.8 Å². The molecule has 1 aliphatic rings. The van der Waals surface area contributed by atoms with E-state index in [-0.39, 0.29) is 13.0 Å². The lowest BCUT2D eigenvalue weighted by atomic mass is 10.0. The molecule has 2 rings (SSSR count). The second kappa shape index (κ2) is 6.02.